The monoisotopic (exact) mass is 386 g/mol. The SMILES string of the molecule is COc1ccc(/C(C)=N\NC(=O)c2ccc(Cl)cc2)cc1C[NH+]1CCCC1. The van der Waals surface area contributed by atoms with Crippen LogP contribution in [0.5, 0.6) is 5.75 Å². The number of hydrogen-bond acceptors (Lipinski definition) is 3. The van der Waals surface area contributed by atoms with E-state index in [1.165, 1.54) is 31.5 Å². The summed E-state index contributed by atoms with van der Waals surface area (Å²) in [5.74, 6) is 0.636. The van der Waals surface area contributed by atoms with Crippen molar-refractivity contribution in [3.63, 3.8) is 0 Å². The number of hydrogen-bond donors (Lipinski definition) is 2. The van der Waals surface area contributed by atoms with E-state index in [9.17, 15) is 4.79 Å². The summed E-state index contributed by atoms with van der Waals surface area (Å²) < 4.78 is 5.52. The minimum Gasteiger partial charge on any atom is -0.496 e. The highest BCUT2D eigenvalue weighted by Crippen LogP contribution is 2.20. The molecule has 1 heterocycles. The zero-order chi connectivity index (χ0) is 19.2. The lowest BCUT2D eigenvalue weighted by Gasteiger charge is -2.15. The maximum Gasteiger partial charge on any atom is 0.271 e. The maximum atomic E-state index is 12.2. The normalized spacial score (nSPS) is 15.0. The van der Waals surface area contributed by atoms with Gasteiger partial charge in [0, 0.05) is 29.0 Å². The number of benzene rings is 2. The summed E-state index contributed by atoms with van der Waals surface area (Å²) >= 11 is 5.85. The van der Waals surface area contributed by atoms with Crippen LogP contribution in [0.15, 0.2) is 47.6 Å². The number of halogens is 1. The number of ether oxygens (including phenoxy) is 1. The Kier molecular flexibility index (Phi) is 6.48. The molecule has 2 N–H and O–H groups in total. The fourth-order valence-electron chi connectivity index (χ4n) is 3.33. The molecule has 5 nitrogen and oxygen atoms in total. The number of carbonyl (C=O) groups is 1. The molecule has 2 aromatic rings. The molecule has 0 unspecified atom stereocenters. The van der Waals surface area contributed by atoms with Crippen LogP contribution in [-0.4, -0.2) is 31.8 Å². The Hall–Kier alpha value is -2.37. The van der Waals surface area contributed by atoms with Gasteiger partial charge in [-0.3, -0.25) is 4.79 Å². The van der Waals surface area contributed by atoms with E-state index < -0.39 is 0 Å². The number of nitrogens with one attached hydrogen (secondary N) is 2. The van der Waals surface area contributed by atoms with Crippen LogP contribution in [0.25, 0.3) is 0 Å². The van der Waals surface area contributed by atoms with Crippen LogP contribution >= 0.6 is 11.6 Å². The molecular formula is C21H25ClN3O2+. The van der Waals surface area contributed by atoms with Crippen LogP contribution in [0, 0.1) is 0 Å². The van der Waals surface area contributed by atoms with E-state index in [4.69, 9.17) is 16.3 Å². The van der Waals surface area contributed by atoms with E-state index in [1.54, 1.807) is 36.3 Å². The number of rotatable bonds is 6. The topological polar surface area (TPSA) is 55.1 Å². The smallest absolute Gasteiger partial charge is 0.271 e. The zero-order valence-electron chi connectivity index (χ0n) is 15.7. The number of likely N-dealkylation sites (tertiary alicyclic amines) is 1. The lowest BCUT2D eigenvalue weighted by Crippen LogP contribution is -3.08. The van der Waals surface area contributed by atoms with Crippen LogP contribution in [0.2, 0.25) is 5.02 Å². The average molecular weight is 387 g/mol. The van der Waals surface area contributed by atoms with Gasteiger partial charge < -0.3 is 9.64 Å². The highest BCUT2D eigenvalue weighted by Gasteiger charge is 2.18. The number of quaternary nitrogens is 1. The molecule has 27 heavy (non-hydrogen) atoms. The Labute approximate surface area is 165 Å². The molecule has 0 spiro atoms. The Morgan fingerprint density at radius 1 is 1.15 bits per heavy atom. The number of methoxy groups -OCH3 is 1. The number of hydrazone groups is 1. The standard InChI is InChI=1S/C21H24ClN3O2/c1-15(23-24-21(26)16-5-8-19(22)9-6-16)17-7-10-20(27-2)18(13-17)14-25-11-3-4-12-25/h5-10,13H,3-4,11-12,14H2,1-2H3,(H,24,26)/p+1/b23-15-. The van der Waals surface area contributed by atoms with Crippen molar-refractivity contribution >= 4 is 23.2 Å². The minimum absolute atomic E-state index is 0.263. The predicted molar refractivity (Wildman–Crippen MR) is 108 cm³/mol. The highest BCUT2D eigenvalue weighted by atomic mass is 35.5. The van der Waals surface area contributed by atoms with E-state index in [0.29, 0.717) is 10.6 Å². The molecule has 0 saturated carbocycles. The first-order chi connectivity index (χ1) is 13.1. The van der Waals surface area contributed by atoms with Crippen molar-refractivity contribution < 1.29 is 14.4 Å². The Morgan fingerprint density at radius 2 is 1.81 bits per heavy atom. The molecule has 0 aromatic heterocycles. The minimum atomic E-state index is -0.263. The van der Waals surface area contributed by atoms with E-state index >= 15 is 0 Å². The van der Waals surface area contributed by atoms with Crippen LogP contribution in [0.3, 0.4) is 0 Å². The van der Waals surface area contributed by atoms with E-state index in [2.05, 4.69) is 16.6 Å². The summed E-state index contributed by atoms with van der Waals surface area (Å²) in [4.78, 5) is 13.8. The molecule has 142 valence electrons. The molecule has 6 heteroatoms. The number of nitrogens with zero attached hydrogens (tertiary/aromatic N) is 1. The molecule has 1 saturated heterocycles. The van der Waals surface area contributed by atoms with Gasteiger partial charge in [0.1, 0.15) is 12.3 Å². The van der Waals surface area contributed by atoms with Gasteiger partial charge >= 0.3 is 0 Å². The fraction of sp³-hybridized carbons (Fsp3) is 0.333. The third kappa shape index (κ3) is 5.08. The molecule has 3 rings (SSSR count). The predicted octanol–water partition coefficient (Wildman–Crippen LogP) is 2.68. The number of carbonyl (C=O) groups excluding carboxylic acids is 1. The van der Waals surface area contributed by atoms with E-state index in [1.807, 2.05) is 19.1 Å². The van der Waals surface area contributed by atoms with Crippen LogP contribution in [0.1, 0.15) is 41.3 Å². The molecule has 1 amide bonds. The largest absolute Gasteiger partial charge is 0.496 e. The van der Waals surface area contributed by atoms with Crippen molar-refractivity contribution in [3.05, 3.63) is 64.2 Å². The summed E-state index contributed by atoms with van der Waals surface area (Å²) in [5.41, 5.74) is 6.02. The molecule has 0 radical (unpaired) electrons. The Morgan fingerprint density at radius 3 is 2.48 bits per heavy atom. The fourth-order valence-corrected chi connectivity index (χ4v) is 3.45. The third-order valence-corrected chi connectivity index (χ3v) is 5.13. The van der Waals surface area contributed by atoms with Crippen molar-refractivity contribution in [2.45, 2.75) is 26.3 Å². The molecule has 0 aliphatic carbocycles. The van der Waals surface area contributed by atoms with Gasteiger partial charge in [-0.25, -0.2) is 5.43 Å². The lowest BCUT2D eigenvalue weighted by molar-refractivity contribution is -0.901. The van der Waals surface area contributed by atoms with Gasteiger partial charge in [0.25, 0.3) is 5.91 Å². The third-order valence-electron chi connectivity index (χ3n) is 4.88. The van der Waals surface area contributed by atoms with Crippen molar-refractivity contribution in [2.24, 2.45) is 5.10 Å². The molecule has 1 aliphatic rings. The van der Waals surface area contributed by atoms with Gasteiger partial charge in [-0.1, -0.05) is 11.6 Å². The van der Waals surface area contributed by atoms with Crippen molar-refractivity contribution in [1.82, 2.24) is 5.43 Å². The average Bonchev–Trinajstić information content (AvgIpc) is 3.19. The second-order valence-electron chi connectivity index (χ2n) is 6.81. The Bertz CT molecular complexity index is 828. The molecular weight excluding hydrogens is 362 g/mol. The summed E-state index contributed by atoms with van der Waals surface area (Å²) in [6.45, 7) is 5.24. The summed E-state index contributed by atoms with van der Waals surface area (Å²) in [7, 11) is 1.70. The first-order valence-electron chi connectivity index (χ1n) is 9.18. The van der Waals surface area contributed by atoms with Crippen LogP contribution in [0.4, 0.5) is 0 Å². The van der Waals surface area contributed by atoms with Crippen molar-refractivity contribution in [3.8, 4) is 5.75 Å². The Balaban J connectivity index is 1.72. The van der Waals surface area contributed by atoms with Gasteiger partial charge in [-0.15, -0.1) is 0 Å². The van der Waals surface area contributed by atoms with Gasteiger partial charge in [0.05, 0.1) is 25.9 Å². The zero-order valence-corrected chi connectivity index (χ0v) is 16.5. The van der Waals surface area contributed by atoms with Crippen molar-refractivity contribution in [1.29, 1.82) is 0 Å². The molecule has 2 aromatic carbocycles. The quantitative estimate of drug-likeness (QED) is 0.592. The summed E-state index contributed by atoms with van der Waals surface area (Å²) in [6.07, 6.45) is 2.57. The van der Waals surface area contributed by atoms with Gasteiger partial charge in [0.2, 0.25) is 0 Å². The highest BCUT2D eigenvalue weighted by molar-refractivity contribution is 6.30. The lowest BCUT2D eigenvalue weighted by atomic mass is 10.1. The van der Waals surface area contributed by atoms with E-state index in [0.717, 1.165) is 23.6 Å². The van der Waals surface area contributed by atoms with Crippen molar-refractivity contribution in [2.75, 3.05) is 20.2 Å². The van der Waals surface area contributed by atoms with Crippen LogP contribution in [-0.2, 0) is 6.54 Å². The van der Waals surface area contributed by atoms with Gasteiger partial charge in [-0.2, -0.15) is 5.10 Å². The van der Waals surface area contributed by atoms with Crippen LogP contribution < -0.4 is 15.1 Å². The number of amides is 1. The van der Waals surface area contributed by atoms with E-state index in [-0.39, 0.29) is 5.91 Å². The summed E-state index contributed by atoms with van der Waals surface area (Å²) in [6, 6.07) is 12.8. The molecule has 1 fully saturated rings. The second-order valence-corrected chi connectivity index (χ2v) is 7.24. The molecule has 1 aliphatic heterocycles. The molecule has 0 bridgehead atoms. The first-order valence-corrected chi connectivity index (χ1v) is 9.55. The van der Waals surface area contributed by atoms with Gasteiger partial charge in [0.15, 0.2) is 0 Å². The first kappa shape index (κ1) is 19.4. The van der Waals surface area contributed by atoms with Gasteiger partial charge in [-0.05, 0) is 55.0 Å². The summed E-state index contributed by atoms with van der Waals surface area (Å²) in [5, 5.41) is 4.85. The maximum absolute atomic E-state index is 12.2. The molecule has 0 atom stereocenters. The second kappa shape index (κ2) is 9.02.